The Morgan fingerprint density at radius 1 is 1.33 bits per heavy atom. The molecule has 0 bridgehead atoms. The minimum Gasteiger partial charge on any atom is -0.353 e. The lowest BCUT2D eigenvalue weighted by Crippen LogP contribution is -2.40. The topological polar surface area (TPSA) is 48.8 Å². The van der Waals surface area contributed by atoms with Crippen LogP contribution < -0.4 is 10.6 Å². The molecule has 2 aliphatic heterocycles. The Bertz CT molecular complexity index is 219. The molecule has 0 saturated heterocycles. The van der Waals surface area contributed by atoms with Crippen LogP contribution >= 0.6 is 0 Å². The van der Waals surface area contributed by atoms with Crippen molar-refractivity contribution in [3.8, 4) is 0 Å². The summed E-state index contributed by atoms with van der Waals surface area (Å²) in [6.45, 7) is 1.00. The molecule has 64 valence electrons. The van der Waals surface area contributed by atoms with Gasteiger partial charge in [0.1, 0.15) is 12.2 Å². The smallest absolute Gasteiger partial charge is 0.125 e. The Morgan fingerprint density at radius 3 is 3.00 bits per heavy atom. The van der Waals surface area contributed by atoms with E-state index in [1.165, 1.54) is 0 Å². The third kappa shape index (κ3) is 1.53. The monoisotopic (exact) mass is 164 g/mol. The molecule has 0 radical (unpaired) electrons. The molecule has 12 heavy (non-hydrogen) atoms. The molecule has 4 nitrogen and oxygen atoms in total. The molecule has 2 rings (SSSR count). The van der Waals surface area contributed by atoms with Crippen molar-refractivity contribution in [2.24, 2.45) is 9.98 Å². The summed E-state index contributed by atoms with van der Waals surface area (Å²) in [5.41, 5.74) is 0. The summed E-state index contributed by atoms with van der Waals surface area (Å²) in [5.74, 6) is 0. The number of rotatable bonds is 1. The van der Waals surface area contributed by atoms with Crippen LogP contribution in [0.25, 0.3) is 0 Å². The van der Waals surface area contributed by atoms with Crippen LogP contribution in [-0.2, 0) is 0 Å². The van der Waals surface area contributed by atoms with E-state index in [1.54, 1.807) is 6.34 Å². The molecule has 0 saturated carbocycles. The Kier molecular flexibility index (Phi) is 2.18. The van der Waals surface area contributed by atoms with Crippen molar-refractivity contribution in [2.75, 3.05) is 6.54 Å². The summed E-state index contributed by atoms with van der Waals surface area (Å²) in [6.07, 6.45) is 8.73. The molecule has 2 unspecified atom stereocenters. The van der Waals surface area contributed by atoms with Gasteiger partial charge in [-0.1, -0.05) is 0 Å². The molecule has 2 aliphatic rings. The van der Waals surface area contributed by atoms with Gasteiger partial charge in [0.25, 0.3) is 0 Å². The maximum absolute atomic E-state index is 4.32. The fourth-order valence-corrected chi connectivity index (χ4v) is 1.31. The fourth-order valence-electron chi connectivity index (χ4n) is 1.31. The molecule has 4 heteroatoms. The first-order valence-corrected chi connectivity index (χ1v) is 4.16. The maximum Gasteiger partial charge on any atom is 0.125 e. The van der Waals surface area contributed by atoms with E-state index in [-0.39, 0.29) is 12.2 Å². The predicted octanol–water partition coefficient (Wildman–Crippen LogP) is -0.110. The van der Waals surface area contributed by atoms with Gasteiger partial charge in [0.2, 0.25) is 0 Å². The third-order valence-corrected chi connectivity index (χ3v) is 1.93. The molecule has 2 N–H and O–H groups in total. The van der Waals surface area contributed by atoms with E-state index in [4.69, 9.17) is 0 Å². The van der Waals surface area contributed by atoms with Gasteiger partial charge in [0.05, 0.1) is 6.34 Å². The van der Waals surface area contributed by atoms with Crippen molar-refractivity contribution in [3.63, 3.8) is 0 Å². The van der Waals surface area contributed by atoms with Crippen molar-refractivity contribution >= 4 is 12.6 Å². The minimum atomic E-state index is 0.133. The fraction of sp³-hybridized carbons (Fsp3) is 0.500. The van der Waals surface area contributed by atoms with E-state index in [0.717, 1.165) is 13.0 Å². The lowest BCUT2D eigenvalue weighted by atomic mass is 10.2. The van der Waals surface area contributed by atoms with Gasteiger partial charge in [0.15, 0.2) is 0 Å². The normalized spacial score (nSPS) is 33.3. The molecular weight excluding hydrogens is 152 g/mol. The Labute approximate surface area is 71.5 Å². The largest absolute Gasteiger partial charge is 0.353 e. The van der Waals surface area contributed by atoms with Crippen molar-refractivity contribution in [3.05, 3.63) is 12.3 Å². The Balaban J connectivity index is 2.02. The second-order valence-electron chi connectivity index (χ2n) is 2.81. The van der Waals surface area contributed by atoms with E-state index < -0.39 is 0 Å². The van der Waals surface area contributed by atoms with E-state index >= 15 is 0 Å². The molecular formula is C8H12N4. The summed E-state index contributed by atoms with van der Waals surface area (Å²) in [7, 11) is 0. The highest BCUT2D eigenvalue weighted by atomic mass is 15.1. The van der Waals surface area contributed by atoms with Gasteiger partial charge in [-0.25, -0.2) is 0 Å². The first kappa shape index (κ1) is 7.49. The van der Waals surface area contributed by atoms with Gasteiger partial charge in [-0.15, -0.1) is 0 Å². The highest BCUT2D eigenvalue weighted by Gasteiger charge is 2.18. The zero-order chi connectivity index (χ0) is 8.23. The number of nitrogens with zero attached hydrogens (tertiary/aromatic N) is 2. The Morgan fingerprint density at radius 2 is 2.33 bits per heavy atom. The molecule has 2 atom stereocenters. The first-order valence-electron chi connectivity index (χ1n) is 4.16. The number of hydrogen-bond donors (Lipinski definition) is 2. The molecule has 0 aromatic rings. The standard InChI is InChI=1S/C8H12N4/c1-3-10-8(11-4-1)7-2-5-9-6-12-7/h2-3,5-8,11H,1,4H2,(H,9,12). The molecule has 0 aromatic heterocycles. The quantitative estimate of drug-likeness (QED) is 0.568. The van der Waals surface area contributed by atoms with Crippen molar-refractivity contribution < 1.29 is 0 Å². The van der Waals surface area contributed by atoms with E-state index in [0.29, 0.717) is 0 Å². The lowest BCUT2D eigenvalue weighted by Gasteiger charge is -2.23. The van der Waals surface area contributed by atoms with Crippen LogP contribution in [0.3, 0.4) is 0 Å². The lowest BCUT2D eigenvalue weighted by molar-refractivity contribution is 0.481. The Hall–Kier alpha value is -1.16. The number of hydrogen-bond acceptors (Lipinski definition) is 4. The van der Waals surface area contributed by atoms with E-state index in [2.05, 4.69) is 20.6 Å². The minimum absolute atomic E-state index is 0.133. The SMILES string of the molecule is C1=CC(C2N=CCCN2)N=CN1. The van der Waals surface area contributed by atoms with Gasteiger partial charge < -0.3 is 5.32 Å². The first-order chi connectivity index (χ1) is 5.97. The van der Waals surface area contributed by atoms with Crippen LogP contribution in [0.4, 0.5) is 0 Å². The highest BCUT2D eigenvalue weighted by Crippen LogP contribution is 2.06. The van der Waals surface area contributed by atoms with E-state index in [9.17, 15) is 0 Å². The van der Waals surface area contributed by atoms with Gasteiger partial charge in [-0.2, -0.15) is 0 Å². The van der Waals surface area contributed by atoms with Crippen LogP contribution in [0.15, 0.2) is 22.3 Å². The van der Waals surface area contributed by atoms with Crippen LogP contribution in [0.5, 0.6) is 0 Å². The molecule has 0 spiro atoms. The van der Waals surface area contributed by atoms with Crippen molar-refractivity contribution in [2.45, 2.75) is 18.6 Å². The average molecular weight is 164 g/mol. The molecule has 2 heterocycles. The summed E-state index contributed by atoms with van der Waals surface area (Å²) >= 11 is 0. The molecule has 0 amide bonds. The second-order valence-corrected chi connectivity index (χ2v) is 2.81. The molecule has 0 aromatic carbocycles. The van der Waals surface area contributed by atoms with Crippen LogP contribution in [0.2, 0.25) is 0 Å². The van der Waals surface area contributed by atoms with Crippen LogP contribution in [0, 0.1) is 0 Å². The molecule has 0 fully saturated rings. The van der Waals surface area contributed by atoms with Crippen LogP contribution in [0.1, 0.15) is 6.42 Å². The predicted molar refractivity (Wildman–Crippen MR) is 49.5 cm³/mol. The summed E-state index contributed by atoms with van der Waals surface area (Å²) in [5, 5.41) is 6.20. The van der Waals surface area contributed by atoms with Gasteiger partial charge >= 0.3 is 0 Å². The number of aliphatic imine (C=N–C) groups is 2. The number of nitrogens with one attached hydrogen (secondary N) is 2. The zero-order valence-electron chi connectivity index (χ0n) is 6.77. The second kappa shape index (κ2) is 3.49. The average Bonchev–Trinajstić information content (AvgIpc) is 2.21. The summed E-state index contributed by atoms with van der Waals surface area (Å²) in [6, 6.07) is 0.155. The summed E-state index contributed by atoms with van der Waals surface area (Å²) in [4.78, 5) is 8.58. The highest BCUT2D eigenvalue weighted by molar-refractivity contribution is 5.60. The summed E-state index contributed by atoms with van der Waals surface area (Å²) < 4.78 is 0. The third-order valence-electron chi connectivity index (χ3n) is 1.93. The van der Waals surface area contributed by atoms with Gasteiger partial charge in [-0.3, -0.25) is 15.3 Å². The van der Waals surface area contributed by atoms with Crippen LogP contribution in [-0.4, -0.2) is 31.3 Å². The zero-order valence-corrected chi connectivity index (χ0v) is 6.77. The van der Waals surface area contributed by atoms with E-state index in [1.807, 2.05) is 18.5 Å². The van der Waals surface area contributed by atoms with Crippen molar-refractivity contribution in [1.82, 2.24) is 10.6 Å². The maximum atomic E-state index is 4.32. The van der Waals surface area contributed by atoms with Crippen molar-refractivity contribution in [1.29, 1.82) is 0 Å². The van der Waals surface area contributed by atoms with Gasteiger partial charge in [0, 0.05) is 19.0 Å². The molecule has 0 aliphatic carbocycles. The van der Waals surface area contributed by atoms with Gasteiger partial charge in [-0.05, 0) is 12.5 Å².